The largest absolute Gasteiger partial charge is 0.496 e. The number of fused-ring (bicyclic) bond motifs is 1. The molecule has 0 N–H and O–H groups in total. The lowest BCUT2D eigenvalue weighted by molar-refractivity contribution is 0.414. The highest BCUT2D eigenvalue weighted by Crippen LogP contribution is 2.14. The molecule has 0 atom stereocenters. The van der Waals surface area contributed by atoms with E-state index in [1.807, 2.05) is 30.3 Å². The molecular formula is C16H13N3O2. The van der Waals surface area contributed by atoms with Crippen LogP contribution in [0, 0.1) is 0 Å². The van der Waals surface area contributed by atoms with Crippen molar-refractivity contribution in [3.05, 3.63) is 70.8 Å². The first kappa shape index (κ1) is 13.1. The van der Waals surface area contributed by atoms with Crippen LogP contribution in [0.5, 0.6) is 5.75 Å². The first-order valence-corrected chi connectivity index (χ1v) is 6.43. The molecule has 0 saturated heterocycles. The molecule has 5 nitrogen and oxygen atoms in total. The van der Waals surface area contributed by atoms with Gasteiger partial charge in [0.1, 0.15) is 12.1 Å². The lowest BCUT2D eigenvalue weighted by Crippen LogP contribution is -2.17. The van der Waals surface area contributed by atoms with Crippen molar-refractivity contribution in [3.8, 4) is 5.75 Å². The van der Waals surface area contributed by atoms with Crippen LogP contribution in [-0.4, -0.2) is 23.0 Å². The van der Waals surface area contributed by atoms with Crippen LogP contribution < -0.4 is 10.3 Å². The third-order valence-electron chi connectivity index (χ3n) is 3.11. The van der Waals surface area contributed by atoms with Crippen molar-refractivity contribution < 1.29 is 4.74 Å². The summed E-state index contributed by atoms with van der Waals surface area (Å²) in [5.41, 5.74) is 1.25. The zero-order valence-electron chi connectivity index (χ0n) is 11.4. The molecule has 21 heavy (non-hydrogen) atoms. The fraction of sp³-hybridized carbons (Fsp3) is 0.0625. The maximum Gasteiger partial charge on any atom is 0.281 e. The van der Waals surface area contributed by atoms with Crippen molar-refractivity contribution in [2.75, 3.05) is 7.11 Å². The molecule has 1 aromatic heterocycles. The molecule has 0 aliphatic rings. The topological polar surface area (TPSA) is 56.5 Å². The van der Waals surface area contributed by atoms with E-state index >= 15 is 0 Å². The monoisotopic (exact) mass is 279 g/mol. The summed E-state index contributed by atoms with van der Waals surface area (Å²) in [4.78, 5) is 16.5. The molecule has 0 aliphatic heterocycles. The van der Waals surface area contributed by atoms with Gasteiger partial charge in [0.15, 0.2) is 0 Å². The van der Waals surface area contributed by atoms with E-state index in [0.29, 0.717) is 16.7 Å². The minimum absolute atomic E-state index is 0.202. The maximum atomic E-state index is 12.3. The van der Waals surface area contributed by atoms with Gasteiger partial charge in [0.2, 0.25) is 0 Å². The Morgan fingerprint density at radius 2 is 1.90 bits per heavy atom. The van der Waals surface area contributed by atoms with Gasteiger partial charge in [-0.1, -0.05) is 24.3 Å². The Bertz CT molecular complexity index is 869. The molecule has 0 fully saturated rings. The number of aromatic nitrogens is 2. The summed E-state index contributed by atoms with van der Waals surface area (Å²) in [5, 5.41) is 4.71. The molecule has 3 aromatic rings. The predicted octanol–water partition coefficient (Wildman–Crippen LogP) is 2.29. The van der Waals surface area contributed by atoms with Crippen molar-refractivity contribution >= 4 is 17.1 Å². The highest BCUT2D eigenvalue weighted by Gasteiger charge is 2.02. The standard InChI is InChI=1S/C16H13N3O2/c1-21-15-9-5-2-6-12(15)10-18-19-11-17-14-8-4-3-7-13(14)16(19)20/h2-11H,1H3/b18-10-. The van der Waals surface area contributed by atoms with E-state index in [2.05, 4.69) is 10.1 Å². The zero-order chi connectivity index (χ0) is 14.7. The van der Waals surface area contributed by atoms with Crippen LogP contribution >= 0.6 is 0 Å². The van der Waals surface area contributed by atoms with E-state index in [4.69, 9.17) is 4.74 Å². The van der Waals surface area contributed by atoms with Gasteiger partial charge in [-0.15, -0.1) is 0 Å². The van der Waals surface area contributed by atoms with Gasteiger partial charge in [-0.2, -0.15) is 9.78 Å². The maximum absolute atomic E-state index is 12.3. The fourth-order valence-electron chi connectivity index (χ4n) is 2.04. The SMILES string of the molecule is COc1ccccc1/C=N\n1cnc2ccccc2c1=O. The first-order valence-electron chi connectivity index (χ1n) is 6.43. The van der Waals surface area contributed by atoms with E-state index < -0.39 is 0 Å². The number of hydrogen-bond acceptors (Lipinski definition) is 4. The van der Waals surface area contributed by atoms with Gasteiger partial charge in [0, 0.05) is 5.56 Å². The van der Waals surface area contributed by atoms with Gasteiger partial charge in [-0.3, -0.25) is 4.79 Å². The van der Waals surface area contributed by atoms with Crippen LogP contribution in [0.4, 0.5) is 0 Å². The minimum Gasteiger partial charge on any atom is -0.496 e. The Kier molecular flexibility index (Phi) is 3.47. The Labute approximate surface area is 121 Å². The second-order valence-electron chi connectivity index (χ2n) is 4.40. The second kappa shape index (κ2) is 5.58. The third kappa shape index (κ3) is 2.53. The average Bonchev–Trinajstić information content (AvgIpc) is 2.55. The molecule has 104 valence electrons. The van der Waals surface area contributed by atoms with Gasteiger partial charge < -0.3 is 4.74 Å². The molecular weight excluding hydrogens is 266 g/mol. The van der Waals surface area contributed by atoms with Crippen LogP contribution in [-0.2, 0) is 0 Å². The first-order chi connectivity index (χ1) is 10.3. The highest BCUT2D eigenvalue weighted by atomic mass is 16.5. The Balaban J connectivity index is 2.04. The molecule has 2 aromatic carbocycles. The van der Waals surface area contributed by atoms with Crippen LogP contribution in [0.15, 0.2) is 64.8 Å². The van der Waals surface area contributed by atoms with E-state index in [-0.39, 0.29) is 5.56 Å². The quantitative estimate of drug-likeness (QED) is 0.691. The van der Waals surface area contributed by atoms with Crippen molar-refractivity contribution in [2.45, 2.75) is 0 Å². The molecule has 0 saturated carbocycles. The Morgan fingerprint density at radius 1 is 1.14 bits per heavy atom. The molecule has 0 amide bonds. The normalized spacial score (nSPS) is 11.1. The fourth-order valence-corrected chi connectivity index (χ4v) is 2.04. The molecule has 0 bridgehead atoms. The van der Waals surface area contributed by atoms with Gasteiger partial charge in [0.25, 0.3) is 5.56 Å². The van der Waals surface area contributed by atoms with Crippen LogP contribution in [0.25, 0.3) is 10.9 Å². The summed E-state index contributed by atoms with van der Waals surface area (Å²) in [6.45, 7) is 0. The number of para-hydroxylation sites is 2. The summed E-state index contributed by atoms with van der Waals surface area (Å²) < 4.78 is 6.46. The van der Waals surface area contributed by atoms with Gasteiger partial charge in [-0.25, -0.2) is 4.98 Å². The van der Waals surface area contributed by atoms with Crippen molar-refractivity contribution in [3.63, 3.8) is 0 Å². The van der Waals surface area contributed by atoms with Crippen LogP contribution in [0.1, 0.15) is 5.56 Å². The van der Waals surface area contributed by atoms with Crippen molar-refractivity contribution in [1.82, 2.24) is 9.66 Å². The van der Waals surface area contributed by atoms with Crippen molar-refractivity contribution in [2.24, 2.45) is 5.10 Å². The summed E-state index contributed by atoms with van der Waals surface area (Å²) >= 11 is 0. The van der Waals surface area contributed by atoms with Gasteiger partial charge in [-0.05, 0) is 24.3 Å². The number of ether oxygens (including phenoxy) is 1. The molecule has 0 unspecified atom stereocenters. The van der Waals surface area contributed by atoms with Gasteiger partial charge >= 0.3 is 0 Å². The van der Waals surface area contributed by atoms with Gasteiger partial charge in [0.05, 0.1) is 24.2 Å². The van der Waals surface area contributed by atoms with E-state index in [1.165, 1.54) is 11.0 Å². The van der Waals surface area contributed by atoms with E-state index in [1.54, 1.807) is 31.5 Å². The van der Waals surface area contributed by atoms with Crippen LogP contribution in [0.2, 0.25) is 0 Å². The summed E-state index contributed by atoms with van der Waals surface area (Å²) in [6, 6.07) is 14.6. The molecule has 5 heteroatoms. The lowest BCUT2D eigenvalue weighted by atomic mass is 10.2. The Hall–Kier alpha value is -2.95. The smallest absolute Gasteiger partial charge is 0.281 e. The number of nitrogens with zero attached hydrogens (tertiary/aromatic N) is 3. The molecule has 1 heterocycles. The van der Waals surface area contributed by atoms with E-state index in [9.17, 15) is 4.79 Å². The highest BCUT2D eigenvalue weighted by molar-refractivity contribution is 5.83. The zero-order valence-corrected chi connectivity index (χ0v) is 11.4. The van der Waals surface area contributed by atoms with Crippen LogP contribution in [0.3, 0.4) is 0 Å². The van der Waals surface area contributed by atoms with Crippen molar-refractivity contribution in [1.29, 1.82) is 0 Å². The number of benzene rings is 2. The van der Waals surface area contributed by atoms with E-state index in [0.717, 1.165) is 5.56 Å². The molecule has 0 spiro atoms. The Morgan fingerprint density at radius 3 is 2.76 bits per heavy atom. The summed E-state index contributed by atoms with van der Waals surface area (Å²) in [7, 11) is 1.59. The number of methoxy groups -OCH3 is 1. The molecule has 0 aliphatic carbocycles. The molecule has 0 radical (unpaired) electrons. The average molecular weight is 279 g/mol. The summed E-state index contributed by atoms with van der Waals surface area (Å²) in [5.74, 6) is 0.697. The number of hydrogen-bond donors (Lipinski definition) is 0. The minimum atomic E-state index is -0.202. The third-order valence-corrected chi connectivity index (χ3v) is 3.11. The molecule has 3 rings (SSSR count). The predicted molar refractivity (Wildman–Crippen MR) is 82.0 cm³/mol. The summed E-state index contributed by atoms with van der Waals surface area (Å²) in [6.07, 6.45) is 2.99. The second-order valence-corrected chi connectivity index (χ2v) is 4.40. The number of rotatable bonds is 3. The lowest BCUT2D eigenvalue weighted by Gasteiger charge is -2.03.